The van der Waals surface area contributed by atoms with Crippen molar-refractivity contribution in [2.45, 2.75) is 49.1 Å². The van der Waals surface area contributed by atoms with Gasteiger partial charge in [-0.1, -0.05) is 30.8 Å². The third-order valence-electron chi connectivity index (χ3n) is 4.92. The van der Waals surface area contributed by atoms with Crippen LogP contribution in [0.15, 0.2) is 44.9 Å². The summed E-state index contributed by atoms with van der Waals surface area (Å²) in [4.78, 5) is 25.0. The van der Waals surface area contributed by atoms with Crippen LogP contribution in [0.25, 0.3) is 10.2 Å². The minimum atomic E-state index is -0.435. The number of carbonyl (C=O) groups excluding carboxylic acids is 1. The number of hydrogen-bond acceptors (Lipinski definition) is 9. The molecule has 0 aliphatic heterocycles. The highest BCUT2D eigenvalue weighted by Gasteiger charge is 2.23. The Morgan fingerprint density at radius 1 is 1.20 bits per heavy atom. The van der Waals surface area contributed by atoms with Crippen LogP contribution in [0.1, 0.15) is 45.9 Å². The summed E-state index contributed by atoms with van der Waals surface area (Å²) < 4.78 is 10.8. The average Bonchev–Trinajstić information content (AvgIpc) is 3.48. The van der Waals surface area contributed by atoms with Gasteiger partial charge < -0.3 is 9.15 Å². The molecule has 1 aliphatic rings. The van der Waals surface area contributed by atoms with Gasteiger partial charge in [0.25, 0.3) is 5.89 Å². The second kappa shape index (κ2) is 8.16. The molecule has 4 aromatic rings. The number of esters is 1. The smallest absolute Gasteiger partial charge is 0.339 e. The normalized spacial score (nSPS) is 13.0. The Hall–Kier alpha value is -2.78. The van der Waals surface area contributed by atoms with E-state index in [2.05, 4.69) is 20.2 Å². The van der Waals surface area contributed by atoms with E-state index in [9.17, 15) is 4.79 Å². The summed E-state index contributed by atoms with van der Waals surface area (Å²) >= 11 is 3.23. The van der Waals surface area contributed by atoms with Gasteiger partial charge in [-0.25, -0.2) is 14.8 Å². The average molecular weight is 439 g/mol. The fourth-order valence-corrected chi connectivity index (χ4v) is 5.83. The van der Waals surface area contributed by atoms with Crippen LogP contribution in [0.3, 0.4) is 0 Å². The molecule has 0 N–H and O–H groups in total. The van der Waals surface area contributed by atoms with Crippen LogP contribution >= 0.6 is 23.1 Å². The molecule has 0 fully saturated rings. The van der Waals surface area contributed by atoms with Crippen LogP contribution in [-0.2, 0) is 30.6 Å². The Kier molecular flexibility index (Phi) is 5.22. The second-order valence-corrected chi connectivity index (χ2v) is 8.95. The highest BCUT2D eigenvalue weighted by atomic mass is 32.2. The maximum absolute atomic E-state index is 12.8. The summed E-state index contributed by atoms with van der Waals surface area (Å²) in [7, 11) is 0. The van der Waals surface area contributed by atoms with Gasteiger partial charge in [0.05, 0.1) is 5.56 Å². The number of thiophene rings is 1. The van der Waals surface area contributed by atoms with Crippen molar-refractivity contribution in [3.05, 3.63) is 58.4 Å². The monoisotopic (exact) mass is 438 g/mol. The third-order valence-corrected chi connectivity index (χ3v) is 7.20. The van der Waals surface area contributed by atoms with Crippen LogP contribution < -0.4 is 0 Å². The Bertz CT molecular complexity index is 1230. The van der Waals surface area contributed by atoms with Gasteiger partial charge in [-0.2, -0.15) is 0 Å². The number of carbonyl (C=O) groups is 1. The summed E-state index contributed by atoms with van der Waals surface area (Å²) in [5.74, 6) is 0.375. The lowest BCUT2D eigenvalue weighted by Gasteiger charge is -2.09. The maximum Gasteiger partial charge on any atom is 0.339 e. The molecule has 1 aliphatic carbocycles. The van der Waals surface area contributed by atoms with E-state index < -0.39 is 5.97 Å². The minimum Gasteiger partial charge on any atom is -0.452 e. The van der Waals surface area contributed by atoms with Crippen LogP contribution in [0.4, 0.5) is 0 Å². The lowest BCUT2D eigenvalue weighted by molar-refractivity contribution is 0.0432. The molecule has 152 valence electrons. The van der Waals surface area contributed by atoms with E-state index in [4.69, 9.17) is 9.15 Å². The Labute approximate surface area is 180 Å². The van der Waals surface area contributed by atoms with Crippen molar-refractivity contribution in [1.29, 1.82) is 0 Å². The zero-order valence-corrected chi connectivity index (χ0v) is 17.9. The summed E-state index contributed by atoms with van der Waals surface area (Å²) in [5, 5.41) is 9.78. The van der Waals surface area contributed by atoms with Gasteiger partial charge in [0, 0.05) is 21.6 Å². The summed E-state index contributed by atoms with van der Waals surface area (Å²) in [6.45, 7) is 1.87. The molecule has 0 bridgehead atoms. The van der Waals surface area contributed by atoms with Gasteiger partial charge in [-0.05, 0) is 37.0 Å². The zero-order valence-electron chi connectivity index (χ0n) is 16.3. The van der Waals surface area contributed by atoms with Gasteiger partial charge in [-0.3, -0.25) is 0 Å². The molecule has 7 nitrogen and oxygen atoms in total. The van der Waals surface area contributed by atoms with E-state index in [1.165, 1.54) is 28.6 Å². The first-order chi connectivity index (χ1) is 14.7. The fourth-order valence-electron chi connectivity index (χ4n) is 3.50. The molecule has 1 aromatic carbocycles. The lowest BCUT2D eigenvalue weighted by atomic mass is 10.2. The van der Waals surface area contributed by atoms with Gasteiger partial charge in [-0.15, -0.1) is 21.5 Å². The van der Waals surface area contributed by atoms with Crippen molar-refractivity contribution in [3.8, 4) is 0 Å². The van der Waals surface area contributed by atoms with E-state index in [1.54, 1.807) is 23.7 Å². The van der Waals surface area contributed by atoms with Crippen LogP contribution in [0.5, 0.6) is 0 Å². The van der Waals surface area contributed by atoms with E-state index in [1.807, 2.05) is 25.1 Å². The first kappa shape index (κ1) is 19.2. The summed E-state index contributed by atoms with van der Waals surface area (Å²) in [5.41, 5.74) is 1.85. The fraction of sp³-hybridized carbons (Fsp3) is 0.286. The first-order valence-corrected chi connectivity index (χ1v) is 11.4. The molecule has 9 heteroatoms. The summed E-state index contributed by atoms with van der Waals surface area (Å²) in [6.07, 6.45) is 5.58. The molecule has 3 aromatic heterocycles. The van der Waals surface area contributed by atoms with Gasteiger partial charge >= 0.3 is 5.97 Å². The molecule has 0 amide bonds. The number of aryl methyl sites for hydroxylation is 3. The predicted octanol–water partition coefficient (Wildman–Crippen LogP) is 4.63. The number of hydrogen-bond donors (Lipinski definition) is 0. The minimum absolute atomic E-state index is 0.0549. The molecule has 0 saturated heterocycles. The summed E-state index contributed by atoms with van der Waals surface area (Å²) in [6, 6.07) is 7.39. The first-order valence-electron chi connectivity index (χ1n) is 9.73. The SMILES string of the molecule is CCc1nnc(COC(=O)c2ccccc2Sc2ncnc3sc4c(c23)CCC4)o1. The van der Waals surface area contributed by atoms with Crippen molar-refractivity contribution in [2.24, 2.45) is 0 Å². The largest absolute Gasteiger partial charge is 0.452 e. The Morgan fingerprint density at radius 2 is 2.07 bits per heavy atom. The quantitative estimate of drug-likeness (QED) is 0.318. The second-order valence-electron chi connectivity index (χ2n) is 6.83. The van der Waals surface area contributed by atoms with E-state index >= 15 is 0 Å². The Morgan fingerprint density at radius 3 is 2.93 bits per heavy atom. The molecule has 5 rings (SSSR count). The molecule has 3 heterocycles. The van der Waals surface area contributed by atoms with E-state index in [-0.39, 0.29) is 12.5 Å². The van der Waals surface area contributed by atoms with Crippen molar-refractivity contribution in [1.82, 2.24) is 20.2 Å². The highest BCUT2D eigenvalue weighted by molar-refractivity contribution is 7.99. The highest BCUT2D eigenvalue weighted by Crippen LogP contribution is 2.42. The number of aromatic nitrogens is 4. The number of fused-ring (bicyclic) bond motifs is 3. The van der Waals surface area contributed by atoms with E-state index in [0.717, 1.165) is 33.0 Å². The maximum atomic E-state index is 12.8. The standard InChI is InChI=1S/C21H18N4O3S2/c1-2-16-24-25-17(28-16)10-27-21(26)13-6-3-4-8-15(13)30-20-18-12-7-5-9-14(12)29-19(18)22-11-23-20/h3-4,6,8,11H,2,5,7,9-10H2,1H3. The van der Waals surface area contributed by atoms with Crippen molar-refractivity contribution in [2.75, 3.05) is 0 Å². The topological polar surface area (TPSA) is 91.0 Å². The molecular formula is C21H18N4O3S2. The molecule has 0 saturated carbocycles. The van der Waals surface area contributed by atoms with Crippen LogP contribution in [-0.4, -0.2) is 26.1 Å². The predicted molar refractivity (Wildman–Crippen MR) is 113 cm³/mol. The molecular weight excluding hydrogens is 420 g/mol. The van der Waals surface area contributed by atoms with Gasteiger partial charge in [0.1, 0.15) is 16.2 Å². The number of ether oxygens (including phenoxy) is 1. The van der Waals surface area contributed by atoms with E-state index in [0.29, 0.717) is 17.9 Å². The number of rotatable bonds is 6. The Balaban J connectivity index is 1.40. The third kappa shape index (κ3) is 3.59. The number of nitrogens with zero attached hydrogens (tertiary/aromatic N) is 4. The van der Waals surface area contributed by atoms with Crippen LogP contribution in [0.2, 0.25) is 0 Å². The molecule has 30 heavy (non-hydrogen) atoms. The van der Waals surface area contributed by atoms with Crippen molar-refractivity contribution < 1.29 is 13.9 Å². The van der Waals surface area contributed by atoms with Gasteiger partial charge in [0.2, 0.25) is 5.89 Å². The van der Waals surface area contributed by atoms with Crippen molar-refractivity contribution >= 4 is 39.3 Å². The lowest BCUT2D eigenvalue weighted by Crippen LogP contribution is -2.07. The van der Waals surface area contributed by atoms with Gasteiger partial charge in [0.15, 0.2) is 6.61 Å². The van der Waals surface area contributed by atoms with Crippen LogP contribution in [0, 0.1) is 0 Å². The molecule has 0 spiro atoms. The molecule has 0 radical (unpaired) electrons. The zero-order chi connectivity index (χ0) is 20.5. The number of benzene rings is 1. The van der Waals surface area contributed by atoms with Crippen molar-refractivity contribution in [3.63, 3.8) is 0 Å². The molecule has 0 unspecified atom stereocenters. The molecule has 0 atom stereocenters.